The first-order valence-electron chi connectivity index (χ1n) is 10.4. The first-order chi connectivity index (χ1) is 16.4. The number of nitrogens with one attached hydrogen (secondary N) is 1. The summed E-state index contributed by atoms with van der Waals surface area (Å²) in [5.41, 5.74) is 3.86. The van der Waals surface area contributed by atoms with Crippen molar-refractivity contribution in [3.63, 3.8) is 0 Å². The highest BCUT2D eigenvalue weighted by atomic mass is 32.2. The summed E-state index contributed by atoms with van der Waals surface area (Å²) in [6, 6.07) is 21.3. The van der Waals surface area contributed by atoms with Gasteiger partial charge in [-0.25, -0.2) is 14.8 Å². The third-order valence-corrected chi connectivity index (χ3v) is 6.27. The maximum Gasteiger partial charge on any atom is 0.336 e. The van der Waals surface area contributed by atoms with Crippen LogP contribution in [-0.2, 0) is 4.79 Å². The third-order valence-electron chi connectivity index (χ3n) is 5.17. The van der Waals surface area contributed by atoms with Gasteiger partial charge >= 0.3 is 5.97 Å². The van der Waals surface area contributed by atoms with E-state index in [1.165, 1.54) is 11.8 Å². The molecule has 4 rings (SSSR count). The van der Waals surface area contributed by atoms with Crippen LogP contribution >= 0.6 is 11.8 Å². The predicted octanol–water partition coefficient (Wildman–Crippen LogP) is 5.29. The molecule has 2 aromatic carbocycles. The fourth-order valence-corrected chi connectivity index (χ4v) is 4.34. The van der Waals surface area contributed by atoms with E-state index in [1.807, 2.05) is 13.0 Å². The smallest absolute Gasteiger partial charge is 0.336 e. The van der Waals surface area contributed by atoms with Gasteiger partial charge in [0.05, 0.1) is 27.6 Å². The number of aromatic nitrogens is 2. The number of pyridine rings is 2. The van der Waals surface area contributed by atoms with E-state index in [4.69, 9.17) is 0 Å². The summed E-state index contributed by atoms with van der Waals surface area (Å²) in [6.45, 7) is 3.59. The average molecular weight is 469 g/mol. The molecule has 0 spiro atoms. The Balaban J connectivity index is 1.51. The van der Waals surface area contributed by atoms with Gasteiger partial charge in [0.2, 0.25) is 5.91 Å². The van der Waals surface area contributed by atoms with E-state index in [2.05, 4.69) is 21.4 Å². The third kappa shape index (κ3) is 4.90. The Hall–Kier alpha value is -4.22. The van der Waals surface area contributed by atoms with Gasteiger partial charge in [0.25, 0.3) is 0 Å². The Morgan fingerprint density at radius 3 is 2.50 bits per heavy atom. The zero-order valence-electron chi connectivity index (χ0n) is 18.4. The van der Waals surface area contributed by atoms with Crippen molar-refractivity contribution in [1.82, 2.24) is 9.97 Å². The second-order valence-corrected chi connectivity index (χ2v) is 8.95. The van der Waals surface area contributed by atoms with Crippen molar-refractivity contribution in [2.75, 3.05) is 5.32 Å². The molecule has 0 aliphatic heterocycles. The molecule has 0 aliphatic rings. The standard InChI is InChI=1S/C26H20N4O3S/c1-15-7-8-18(14-27)25(28-15)34-16(2)24(31)29-19-11-9-17(10-12-19)23-13-21(26(32)33)20-5-3-4-6-22(20)30-23/h3-13,16H,1-2H3,(H,29,31)(H,32,33). The molecule has 2 aromatic heterocycles. The van der Waals surface area contributed by atoms with Crippen molar-refractivity contribution < 1.29 is 14.7 Å². The monoisotopic (exact) mass is 468 g/mol. The summed E-state index contributed by atoms with van der Waals surface area (Å²) >= 11 is 1.23. The lowest BCUT2D eigenvalue weighted by molar-refractivity contribution is -0.115. The molecule has 34 heavy (non-hydrogen) atoms. The molecular formula is C26H20N4O3S. The minimum absolute atomic E-state index is 0.185. The molecule has 0 saturated carbocycles. The van der Waals surface area contributed by atoms with Gasteiger partial charge in [-0.15, -0.1) is 0 Å². The largest absolute Gasteiger partial charge is 0.478 e. The lowest BCUT2D eigenvalue weighted by Gasteiger charge is -2.13. The molecular weight excluding hydrogens is 448 g/mol. The molecule has 0 fully saturated rings. The number of thioether (sulfide) groups is 1. The number of anilines is 1. The van der Waals surface area contributed by atoms with Crippen molar-refractivity contribution in [1.29, 1.82) is 5.26 Å². The van der Waals surface area contributed by atoms with Gasteiger partial charge in [0.1, 0.15) is 11.1 Å². The number of nitriles is 1. The number of carbonyl (C=O) groups excluding carboxylic acids is 1. The lowest BCUT2D eigenvalue weighted by atomic mass is 10.0. The number of carboxylic acids is 1. The van der Waals surface area contributed by atoms with Gasteiger partial charge in [-0.05, 0) is 50.2 Å². The molecule has 1 amide bonds. The number of rotatable bonds is 6. The topological polar surface area (TPSA) is 116 Å². The normalized spacial score (nSPS) is 11.6. The van der Waals surface area contributed by atoms with Crippen molar-refractivity contribution in [2.45, 2.75) is 24.1 Å². The van der Waals surface area contributed by atoms with Crippen LogP contribution in [0.2, 0.25) is 0 Å². The van der Waals surface area contributed by atoms with Gasteiger partial charge in [-0.2, -0.15) is 5.26 Å². The first kappa shape index (κ1) is 23.0. The zero-order chi connectivity index (χ0) is 24.2. The summed E-state index contributed by atoms with van der Waals surface area (Å²) in [6.07, 6.45) is 0. The summed E-state index contributed by atoms with van der Waals surface area (Å²) in [7, 11) is 0. The van der Waals surface area contributed by atoms with Crippen LogP contribution in [0.3, 0.4) is 0 Å². The number of fused-ring (bicyclic) bond motifs is 1. The molecule has 0 radical (unpaired) electrons. The van der Waals surface area contributed by atoms with Crippen LogP contribution < -0.4 is 5.32 Å². The molecule has 4 aromatic rings. The molecule has 168 valence electrons. The number of aromatic carboxylic acids is 1. The molecule has 1 unspecified atom stereocenters. The number of aryl methyl sites for hydroxylation is 1. The van der Waals surface area contributed by atoms with Crippen LogP contribution in [0, 0.1) is 18.3 Å². The fourth-order valence-electron chi connectivity index (χ4n) is 3.40. The number of amides is 1. The number of nitrogens with zero attached hydrogens (tertiary/aromatic N) is 3. The maximum atomic E-state index is 12.7. The van der Waals surface area contributed by atoms with E-state index in [0.29, 0.717) is 32.9 Å². The zero-order valence-corrected chi connectivity index (χ0v) is 19.3. The Kier molecular flexibility index (Phi) is 6.57. The molecule has 7 nitrogen and oxygen atoms in total. The molecule has 2 N–H and O–H groups in total. The average Bonchev–Trinajstić information content (AvgIpc) is 2.83. The van der Waals surface area contributed by atoms with Crippen molar-refractivity contribution in [2.24, 2.45) is 0 Å². The number of carboxylic acid groups (broad SMARTS) is 1. The second-order valence-electron chi connectivity index (χ2n) is 7.62. The molecule has 2 heterocycles. The lowest BCUT2D eigenvalue weighted by Crippen LogP contribution is -2.22. The van der Waals surface area contributed by atoms with Crippen LogP contribution in [-0.4, -0.2) is 32.2 Å². The van der Waals surface area contributed by atoms with E-state index in [9.17, 15) is 20.0 Å². The van der Waals surface area contributed by atoms with Gasteiger partial charge in [-0.1, -0.05) is 42.1 Å². The number of benzene rings is 2. The van der Waals surface area contributed by atoms with E-state index >= 15 is 0 Å². The molecule has 0 saturated heterocycles. The minimum Gasteiger partial charge on any atom is -0.478 e. The number of carbonyl (C=O) groups is 2. The molecule has 0 aliphatic carbocycles. The van der Waals surface area contributed by atoms with E-state index in [0.717, 1.165) is 11.3 Å². The van der Waals surface area contributed by atoms with Gasteiger partial charge < -0.3 is 10.4 Å². The summed E-state index contributed by atoms with van der Waals surface area (Å²) < 4.78 is 0. The van der Waals surface area contributed by atoms with Crippen LogP contribution in [0.5, 0.6) is 0 Å². The maximum absolute atomic E-state index is 12.7. The molecule has 0 bridgehead atoms. The van der Waals surface area contributed by atoms with Gasteiger partial charge in [-0.3, -0.25) is 4.79 Å². The Morgan fingerprint density at radius 2 is 1.79 bits per heavy atom. The van der Waals surface area contributed by atoms with Crippen LogP contribution in [0.25, 0.3) is 22.2 Å². The summed E-state index contributed by atoms with van der Waals surface area (Å²) in [5.74, 6) is -1.24. The van der Waals surface area contributed by atoms with Crippen molar-refractivity contribution in [3.05, 3.63) is 83.6 Å². The van der Waals surface area contributed by atoms with Crippen LogP contribution in [0.15, 0.2) is 71.8 Å². The van der Waals surface area contributed by atoms with Crippen LogP contribution in [0.4, 0.5) is 5.69 Å². The Labute approximate surface area is 200 Å². The van der Waals surface area contributed by atoms with Crippen molar-refractivity contribution in [3.8, 4) is 17.3 Å². The summed E-state index contributed by atoms with van der Waals surface area (Å²) in [4.78, 5) is 33.4. The first-order valence-corrected chi connectivity index (χ1v) is 11.3. The molecule has 1 atom stereocenters. The van der Waals surface area contributed by atoms with E-state index in [-0.39, 0.29) is 11.5 Å². The van der Waals surface area contributed by atoms with Crippen molar-refractivity contribution >= 4 is 40.2 Å². The Bertz CT molecular complexity index is 1450. The highest BCUT2D eigenvalue weighted by Crippen LogP contribution is 2.28. The quantitative estimate of drug-likeness (QED) is 0.369. The highest BCUT2D eigenvalue weighted by Gasteiger charge is 2.18. The summed E-state index contributed by atoms with van der Waals surface area (Å²) in [5, 5.41) is 22.4. The fraction of sp³-hybridized carbons (Fsp3) is 0.115. The number of hydrogen-bond acceptors (Lipinski definition) is 6. The number of para-hydroxylation sites is 1. The second kappa shape index (κ2) is 9.73. The SMILES string of the molecule is Cc1ccc(C#N)c(SC(C)C(=O)Nc2ccc(-c3cc(C(=O)O)c4ccccc4n3)cc2)n1. The van der Waals surface area contributed by atoms with Gasteiger partial charge in [0, 0.05) is 22.3 Å². The Morgan fingerprint density at radius 1 is 1.06 bits per heavy atom. The number of hydrogen-bond donors (Lipinski definition) is 2. The highest BCUT2D eigenvalue weighted by molar-refractivity contribution is 8.00. The van der Waals surface area contributed by atoms with E-state index in [1.54, 1.807) is 67.6 Å². The predicted molar refractivity (Wildman–Crippen MR) is 132 cm³/mol. The van der Waals surface area contributed by atoms with E-state index < -0.39 is 11.2 Å². The van der Waals surface area contributed by atoms with Crippen LogP contribution in [0.1, 0.15) is 28.5 Å². The van der Waals surface area contributed by atoms with Gasteiger partial charge in [0.15, 0.2) is 0 Å². The molecule has 8 heteroatoms. The minimum atomic E-state index is -1.02.